The topological polar surface area (TPSA) is 69.6 Å². The molecule has 0 bridgehead atoms. The number of hydrogen-bond acceptors (Lipinski definition) is 2. The minimum absolute atomic E-state index is 0.191. The van der Waals surface area contributed by atoms with E-state index >= 15 is 0 Å². The zero-order valence-corrected chi connectivity index (χ0v) is 21.0. The van der Waals surface area contributed by atoms with E-state index in [1.807, 2.05) is 0 Å². The van der Waals surface area contributed by atoms with Crippen LogP contribution in [0.25, 0.3) is 5.57 Å². The molecule has 0 spiro atoms. The average molecular weight is 501 g/mol. The highest BCUT2D eigenvalue weighted by atomic mass is 19.1. The molecule has 0 atom stereocenters. The van der Waals surface area contributed by atoms with Gasteiger partial charge in [0, 0.05) is 25.1 Å². The number of benzene rings is 2. The van der Waals surface area contributed by atoms with Crippen molar-refractivity contribution in [1.29, 1.82) is 0 Å². The molecule has 2 aromatic carbocycles. The normalized spacial score (nSPS) is 21.6. The molecule has 0 unspecified atom stereocenters. The molecule has 0 aromatic heterocycles. The number of carboxylic acids is 1. The fourth-order valence-electron chi connectivity index (χ4n) is 5.85. The second-order valence-electron chi connectivity index (χ2n) is 10.3. The van der Waals surface area contributed by atoms with Gasteiger partial charge in [0.15, 0.2) is 0 Å². The van der Waals surface area contributed by atoms with Crippen LogP contribution in [0.5, 0.6) is 0 Å². The smallest absolute Gasteiger partial charge is 0.326 e. The molecule has 5 rings (SSSR count). The third-order valence-electron chi connectivity index (χ3n) is 7.85. The van der Waals surface area contributed by atoms with Crippen LogP contribution in [0.3, 0.4) is 0 Å². The van der Waals surface area contributed by atoms with Crippen LogP contribution in [-0.2, 0) is 4.79 Å². The molecule has 2 aliphatic carbocycles. The lowest BCUT2D eigenvalue weighted by molar-refractivity contribution is -0.138. The largest absolute Gasteiger partial charge is 0.481 e. The van der Waals surface area contributed by atoms with Crippen molar-refractivity contribution in [2.75, 3.05) is 11.9 Å². The Morgan fingerprint density at radius 1 is 1.03 bits per heavy atom. The molecule has 2 amide bonds. The number of carbonyl (C=O) groups is 2. The van der Waals surface area contributed by atoms with E-state index in [0.29, 0.717) is 24.8 Å². The number of nitrogens with zero attached hydrogens (tertiary/aromatic N) is 1. The SMILES string of the molecule is O=C(O)CC1CCC(c2ccc(C3=CC4=C(CC=C3)N(C(=O)Nc3ccccc3F)CCC4)cc2)CC1. The number of hydrogen-bond donors (Lipinski definition) is 2. The van der Waals surface area contributed by atoms with Crippen LogP contribution in [0, 0.1) is 11.7 Å². The number of aliphatic carboxylic acids is 1. The number of amides is 2. The monoisotopic (exact) mass is 500 g/mol. The van der Waals surface area contributed by atoms with Gasteiger partial charge in [-0.1, -0.05) is 48.6 Å². The van der Waals surface area contributed by atoms with Crippen LogP contribution < -0.4 is 5.32 Å². The zero-order chi connectivity index (χ0) is 25.8. The summed E-state index contributed by atoms with van der Waals surface area (Å²) in [5.74, 6) is -0.336. The molecule has 2 N–H and O–H groups in total. The summed E-state index contributed by atoms with van der Waals surface area (Å²) in [6.45, 7) is 0.611. The number of halogens is 1. The molecule has 0 saturated heterocycles. The van der Waals surface area contributed by atoms with Gasteiger partial charge in [-0.3, -0.25) is 9.69 Å². The van der Waals surface area contributed by atoms with Crippen molar-refractivity contribution in [2.24, 2.45) is 5.92 Å². The van der Waals surface area contributed by atoms with Gasteiger partial charge in [0.1, 0.15) is 5.82 Å². The van der Waals surface area contributed by atoms with Crippen LogP contribution in [0.15, 0.2) is 78.0 Å². The van der Waals surface area contributed by atoms with Crippen LogP contribution >= 0.6 is 0 Å². The lowest BCUT2D eigenvalue weighted by atomic mass is 9.77. The highest BCUT2D eigenvalue weighted by molar-refractivity contribution is 5.91. The number of rotatable bonds is 5. The van der Waals surface area contributed by atoms with Gasteiger partial charge in [-0.05, 0) is 90.8 Å². The average Bonchev–Trinajstić information content (AvgIpc) is 3.13. The molecule has 2 aromatic rings. The summed E-state index contributed by atoms with van der Waals surface area (Å²) >= 11 is 0. The van der Waals surface area contributed by atoms with E-state index in [1.54, 1.807) is 23.1 Å². The first-order chi connectivity index (χ1) is 18.0. The number of urea groups is 1. The molecular weight excluding hydrogens is 467 g/mol. The quantitative estimate of drug-likeness (QED) is 0.447. The highest BCUT2D eigenvalue weighted by Gasteiger charge is 2.26. The van der Waals surface area contributed by atoms with E-state index in [0.717, 1.165) is 60.9 Å². The summed E-state index contributed by atoms with van der Waals surface area (Å²) in [5, 5.41) is 11.8. The molecule has 6 heteroatoms. The number of nitrogens with one attached hydrogen (secondary N) is 1. The van der Waals surface area contributed by atoms with Crippen LogP contribution in [-0.4, -0.2) is 28.6 Å². The minimum atomic E-state index is -0.692. The Labute approximate surface area is 217 Å². The first-order valence-corrected chi connectivity index (χ1v) is 13.2. The fourth-order valence-corrected chi connectivity index (χ4v) is 5.85. The van der Waals surface area contributed by atoms with E-state index in [1.165, 1.54) is 11.6 Å². The zero-order valence-electron chi connectivity index (χ0n) is 21.0. The van der Waals surface area contributed by atoms with Gasteiger partial charge >= 0.3 is 12.0 Å². The number of carbonyl (C=O) groups excluding carboxylic acids is 1. The van der Waals surface area contributed by atoms with E-state index in [-0.39, 0.29) is 18.1 Å². The van der Waals surface area contributed by atoms with E-state index in [9.17, 15) is 14.0 Å². The first-order valence-electron chi connectivity index (χ1n) is 13.2. The molecule has 5 nitrogen and oxygen atoms in total. The maximum absolute atomic E-state index is 14.1. The minimum Gasteiger partial charge on any atom is -0.481 e. The molecule has 1 fully saturated rings. The second kappa shape index (κ2) is 11.2. The number of allylic oxidation sites excluding steroid dienone is 5. The van der Waals surface area contributed by atoms with Crippen LogP contribution in [0.1, 0.15) is 68.4 Å². The summed E-state index contributed by atoms with van der Waals surface area (Å²) in [5.41, 5.74) is 5.90. The Hall–Kier alpha value is -3.67. The van der Waals surface area contributed by atoms with Crippen molar-refractivity contribution < 1.29 is 19.1 Å². The molecule has 1 aliphatic heterocycles. The summed E-state index contributed by atoms with van der Waals surface area (Å²) < 4.78 is 14.1. The summed E-state index contributed by atoms with van der Waals surface area (Å²) in [6, 6.07) is 14.7. The van der Waals surface area contributed by atoms with Crippen molar-refractivity contribution in [3.8, 4) is 0 Å². The van der Waals surface area contributed by atoms with Crippen molar-refractivity contribution in [3.05, 3.63) is 95.0 Å². The third kappa shape index (κ3) is 5.85. The Kier molecular flexibility index (Phi) is 7.54. The molecule has 1 heterocycles. The van der Waals surface area contributed by atoms with E-state index in [4.69, 9.17) is 5.11 Å². The Morgan fingerprint density at radius 2 is 1.78 bits per heavy atom. The lowest BCUT2D eigenvalue weighted by Crippen LogP contribution is -2.37. The molecule has 3 aliphatic rings. The Balaban J connectivity index is 1.29. The predicted molar refractivity (Wildman–Crippen MR) is 144 cm³/mol. The molecule has 37 heavy (non-hydrogen) atoms. The predicted octanol–water partition coefficient (Wildman–Crippen LogP) is 7.50. The maximum Gasteiger partial charge on any atom is 0.326 e. The van der Waals surface area contributed by atoms with Gasteiger partial charge < -0.3 is 10.4 Å². The van der Waals surface area contributed by atoms with Crippen LogP contribution in [0.4, 0.5) is 14.9 Å². The standard InChI is InChI=1S/C31H33FN2O3/c32-27-7-1-2-8-28(27)33-31(37)34-18-4-6-26-20-25(5-3-9-29(26)34)24-16-14-23(15-17-24)22-12-10-21(11-13-22)19-30(35)36/h1-3,5,7-8,14-17,20-22H,4,6,9-13,18-19H2,(H,33,37)(H,35,36). The first kappa shape index (κ1) is 25.0. The summed E-state index contributed by atoms with van der Waals surface area (Å²) in [6.07, 6.45) is 13.1. The molecule has 0 radical (unpaired) electrons. The number of anilines is 1. The van der Waals surface area contributed by atoms with Gasteiger partial charge in [-0.2, -0.15) is 0 Å². The van der Waals surface area contributed by atoms with Gasteiger partial charge in [0.2, 0.25) is 0 Å². The van der Waals surface area contributed by atoms with Crippen molar-refractivity contribution in [2.45, 2.75) is 57.3 Å². The highest BCUT2D eigenvalue weighted by Crippen LogP contribution is 2.38. The number of carboxylic acid groups (broad SMARTS) is 1. The van der Waals surface area contributed by atoms with E-state index in [2.05, 4.69) is 47.8 Å². The Bertz CT molecular complexity index is 1250. The summed E-state index contributed by atoms with van der Waals surface area (Å²) in [7, 11) is 0. The summed E-state index contributed by atoms with van der Waals surface area (Å²) in [4.78, 5) is 25.8. The van der Waals surface area contributed by atoms with Gasteiger partial charge in [0.25, 0.3) is 0 Å². The Morgan fingerprint density at radius 3 is 2.51 bits per heavy atom. The maximum atomic E-state index is 14.1. The molecule has 192 valence electrons. The van der Waals surface area contributed by atoms with Crippen LogP contribution in [0.2, 0.25) is 0 Å². The fraction of sp³-hybridized carbons (Fsp3) is 0.355. The van der Waals surface area contributed by atoms with Crippen molar-refractivity contribution >= 4 is 23.3 Å². The molecule has 1 saturated carbocycles. The number of para-hydroxylation sites is 1. The van der Waals surface area contributed by atoms with Crippen molar-refractivity contribution in [3.63, 3.8) is 0 Å². The van der Waals surface area contributed by atoms with Crippen molar-refractivity contribution in [1.82, 2.24) is 4.90 Å². The van der Waals surface area contributed by atoms with Gasteiger partial charge in [0.05, 0.1) is 5.69 Å². The van der Waals surface area contributed by atoms with Gasteiger partial charge in [-0.15, -0.1) is 0 Å². The third-order valence-corrected chi connectivity index (χ3v) is 7.85. The van der Waals surface area contributed by atoms with Gasteiger partial charge in [-0.25, -0.2) is 9.18 Å². The van der Waals surface area contributed by atoms with E-state index < -0.39 is 11.8 Å². The lowest BCUT2D eigenvalue weighted by Gasteiger charge is -2.31. The molecular formula is C31H33FN2O3. The second-order valence-corrected chi connectivity index (χ2v) is 10.3.